The second-order valence-electron chi connectivity index (χ2n) is 9.56. The zero-order valence-corrected chi connectivity index (χ0v) is 22.5. The third-order valence-corrected chi connectivity index (χ3v) is 8.27. The largest absolute Gasteiger partial charge is 0.491 e. The normalized spacial score (nSPS) is 18.9. The summed E-state index contributed by atoms with van der Waals surface area (Å²) in [6.45, 7) is 3.99. The highest BCUT2D eigenvalue weighted by Gasteiger charge is 2.34. The minimum atomic E-state index is -0.215. The fraction of sp³-hybridized carbons (Fsp3) is 0.379. The monoisotopic (exact) mass is 538 g/mol. The molecule has 2 atom stereocenters. The molecule has 1 saturated heterocycles. The number of ether oxygens (including phenoxy) is 2. The Morgan fingerprint density at radius 1 is 1.19 bits per heavy atom. The van der Waals surface area contributed by atoms with E-state index in [0.717, 1.165) is 36.1 Å². The highest BCUT2D eigenvalue weighted by Crippen LogP contribution is 2.34. The second-order valence-corrected chi connectivity index (χ2v) is 11.0. The summed E-state index contributed by atoms with van der Waals surface area (Å²) in [5.74, 6) is 0.504. The van der Waals surface area contributed by atoms with Crippen molar-refractivity contribution < 1.29 is 19.1 Å². The third kappa shape index (κ3) is 6.00. The van der Waals surface area contributed by atoms with E-state index in [1.54, 1.807) is 40.5 Å². The van der Waals surface area contributed by atoms with E-state index in [0.29, 0.717) is 36.9 Å². The maximum atomic E-state index is 13.8. The van der Waals surface area contributed by atoms with Gasteiger partial charge < -0.3 is 19.3 Å². The Bertz CT molecular complexity index is 1260. The molecule has 8 heteroatoms. The first-order valence-corrected chi connectivity index (χ1v) is 14.0. The van der Waals surface area contributed by atoms with Crippen molar-refractivity contribution in [2.75, 3.05) is 32.8 Å². The molecule has 0 radical (unpaired) electrons. The van der Waals surface area contributed by atoms with E-state index in [2.05, 4.69) is 11.4 Å². The minimum Gasteiger partial charge on any atom is -0.491 e. The molecule has 1 fully saturated rings. The maximum absolute atomic E-state index is 13.8. The van der Waals surface area contributed by atoms with Crippen LogP contribution in [0, 0.1) is 6.92 Å². The number of fused-ring (bicyclic) bond motifs is 1. The molecule has 5 rings (SSSR count). The topological polar surface area (TPSA) is 59.1 Å². The molecule has 3 aromatic rings. The number of thiophene rings is 1. The number of benzene rings is 2. The molecule has 0 saturated carbocycles. The van der Waals surface area contributed by atoms with Crippen molar-refractivity contribution in [1.82, 2.24) is 9.80 Å². The van der Waals surface area contributed by atoms with Gasteiger partial charge in [0.15, 0.2) is 0 Å². The predicted octanol–water partition coefficient (Wildman–Crippen LogP) is 5.54. The molecule has 2 aliphatic rings. The first-order valence-electron chi connectivity index (χ1n) is 12.7. The minimum absolute atomic E-state index is 0.0223. The van der Waals surface area contributed by atoms with Crippen molar-refractivity contribution >= 4 is 34.8 Å². The summed E-state index contributed by atoms with van der Waals surface area (Å²) in [5, 5.41) is 2.56. The van der Waals surface area contributed by atoms with Gasteiger partial charge in [-0.1, -0.05) is 35.9 Å². The van der Waals surface area contributed by atoms with Gasteiger partial charge in [-0.3, -0.25) is 9.59 Å². The van der Waals surface area contributed by atoms with Gasteiger partial charge in [-0.15, -0.1) is 11.3 Å². The Hall–Kier alpha value is -2.87. The highest BCUT2D eigenvalue weighted by atomic mass is 35.5. The predicted molar refractivity (Wildman–Crippen MR) is 145 cm³/mol. The quantitative estimate of drug-likeness (QED) is 0.378. The smallest absolute Gasteiger partial charge is 0.254 e. The Balaban J connectivity index is 1.36. The van der Waals surface area contributed by atoms with Crippen LogP contribution in [0.2, 0.25) is 5.02 Å². The van der Waals surface area contributed by atoms with E-state index in [-0.39, 0.29) is 30.5 Å². The van der Waals surface area contributed by atoms with Gasteiger partial charge in [-0.2, -0.15) is 0 Å². The van der Waals surface area contributed by atoms with Crippen molar-refractivity contribution in [2.24, 2.45) is 0 Å². The SMILES string of the molecule is Cc1ccccc1OC[C@@H]1c2ccsc2CCN1C(=O)CN(C[C@H]1CCCO1)C(=O)c1cccc(Cl)c1. The van der Waals surface area contributed by atoms with Crippen LogP contribution in [0.4, 0.5) is 0 Å². The summed E-state index contributed by atoms with van der Waals surface area (Å²) in [7, 11) is 0. The number of hydrogen-bond donors (Lipinski definition) is 0. The zero-order chi connectivity index (χ0) is 25.8. The number of halogens is 1. The molecule has 0 spiro atoms. The first-order chi connectivity index (χ1) is 18.0. The van der Waals surface area contributed by atoms with Crippen molar-refractivity contribution in [3.63, 3.8) is 0 Å². The summed E-state index contributed by atoms with van der Waals surface area (Å²) in [5.41, 5.74) is 2.65. The van der Waals surface area contributed by atoms with Crippen LogP contribution in [-0.4, -0.2) is 60.6 Å². The molecular formula is C29H31ClN2O4S. The number of nitrogens with zero attached hydrogens (tertiary/aromatic N) is 2. The van der Waals surface area contributed by atoms with Crippen LogP contribution in [0.1, 0.15) is 45.2 Å². The van der Waals surface area contributed by atoms with Gasteiger partial charge in [0.2, 0.25) is 5.91 Å². The molecule has 0 aliphatic carbocycles. The van der Waals surface area contributed by atoms with Gasteiger partial charge >= 0.3 is 0 Å². The lowest BCUT2D eigenvalue weighted by Crippen LogP contribution is -2.49. The van der Waals surface area contributed by atoms with E-state index < -0.39 is 0 Å². The molecule has 0 N–H and O–H groups in total. The molecule has 2 aromatic carbocycles. The van der Waals surface area contributed by atoms with Gasteiger partial charge in [-0.25, -0.2) is 0 Å². The maximum Gasteiger partial charge on any atom is 0.254 e. The molecular weight excluding hydrogens is 508 g/mol. The van der Waals surface area contributed by atoms with Gasteiger partial charge in [0, 0.05) is 35.2 Å². The summed E-state index contributed by atoms with van der Waals surface area (Å²) in [6.07, 6.45) is 2.57. The molecule has 194 valence electrons. The number of aryl methyl sites for hydroxylation is 1. The summed E-state index contributed by atoms with van der Waals surface area (Å²) in [6, 6.07) is 16.6. The first kappa shape index (κ1) is 25.8. The molecule has 2 amide bonds. The summed E-state index contributed by atoms with van der Waals surface area (Å²) in [4.78, 5) is 32.1. The van der Waals surface area contributed by atoms with Crippen molar-refractivity contribution in [1.29, 1.82) is 0 Å². The van der Waals surface area contributed by atoms with Crippen molar-refractivity contribution in [3.05, 3.63) is 86.6 Å². The molecule has 6 nitrogen and oxygen atoms in total. The number of hydrogen-bond acceptors (Lipinski definition) is 5. The van der Waals surface area contributed by atoms with Crippen LogP contribution in [-0.2, 0) is 16.0 Å². The lowest BCUT2D eigenvalue weighted by Gasteiger charge is -2.37. The number of para-hydroxylation sites is 1. The van der Waals surface area contributed by atoms with Crippen LogP contribution in [0.25, 0.3) is 0 Å². The van der Waals surface area contributed by atoms with E-state index >= 15 is 0 Å². The second kappa shape index (κ2) is 11.7. The molecule has 3 heterocycles. The molecule has 0 bridgehead atoms. The van der Waals surface area contributed by atoms with Gasteiger partial charge in [0.25, 0.3) is 5.91 Å². The van der Waals surface area contributed by atoms with E-state index in [9.17, 15) is 9.59 Å². The Labute approximate surface area is 226 Å². The van der Waals surface area contributed by atoms with Crippen molar-refractivity contribution in [2.45, 2.75) is 38.3 Å². The highest BCUT2D eigenvalue weighted by molar-refractivity contribution is 7.10. The number of carbonyl (C=O) groups is 2. The van der Waals surface area contributed by atoms with E-state index in [1.165, 1.54) is 4.88 Å². The fourth-order valence-electron chi connectivity index (χ4n) is 5.07. The molecule has 0 unspecified atom stereocenters. The standard InChI is InChI=1S/C29H31ClN2O4S/c1-20-6-2-3-10-26(20)36-19-25-24-12-15-37-27(24)11-13-32(25)28(33)18-31(17-23-9-5-14-35-23)29(34)21-7-4-8-22(30)16-21/h2-4,6-8,10,12,15-16,23,25H,5,9,11,13-14,17-19H2,1H3/t23-,25-/m1/s1. The lowest BCUT2D eigenvalue weighted by atomic mass is 10.00. The lowest BCUT2D eigenvalue weighted by molar-refractivity contribution is -0.135. The van der Waals surface area contributed by atoms with E-state index in [1.807, 2.05) is 36.1 Å². The molecule has 37 heavy (non-hydrogen) atoms. The van der Waals surface area contributed by atoms with Crippen LogP contribution in [0.3, 0.4) is 0 Å². The summed E-state index contributed by atoms with van der Waals surface area (Å²) < 4.78 is 12.0. The Kier molecular flexibility index (Phi) is 8.13. The van der Waals surface area contributed by atoms with Crippen LogP contribution < -0.4 is 4.74 Å². The number of amides is 2. The van der Waals surface area contributed by atoms with Crippen LogP contribution in [0.5, 0.6) is 5.75 Å². The van der Waals surface area contributed by atoms with Crippen LogP contribution >= 0.6 is 22.9 Å². The van der Waals surface area contributed by atoms with Gasteiger partial charge in [-0.05, 0) is 73.0 Å². The van der Waals surface area contributed by atoms with Crippen LogP contribution in [0.15, 0.2) is 60.0 Å². The number of rotatable bonds is 8. The van der Waals surface area contributed by atoms with Crippen molar-refractivity contribution in [3.8, 4) is 5.75 Å². The van der Waals surface area contributed by atoms with Gasteiger partial charge in [0.05, 0.1) is 12.1 Å². The van der Waals surface area contributed by atoms with E-state index in [4.69, 9.17) is 21.1 Å². The zero-order valence-electron chi connectivity index (χ0n) is 20.9. The average Bonchev–Trinajstić information content (AvgIpc) is 3.59. The van der Waals surface area contributed by atoms with Gasteiger partial charge in [0.1, 0.15) is 18.9 Å². The Morgan fingerprint density at radius 3 is 2.84 bits per heavy atom. The third-order valence-electron chi connectivity index (χ3n) is 7.04. The molecule has 1 aromatic heterocycles. The molecule has 2 aliphatic heterocycles. The summed E-state index contributed by atoms with van der Waals surface area (Å²) >= 11 is 7.88. The number of carbonyl (C=O) groups excluding carboxylic acids is 2. The average molecular weight is 539 g/mol. The Morgan fingerprint density at radius 2 is 2.05 bits per heavy atom. The fourth-order valence-corrected chi connectivity index (χ4v) is 6.19.